The second kappa shape index (κ2) is 7.73. The lowest BCUT2D eigenvalue weighted by Crippen LogP contribution is -2.49. The molecule has 156 valence electrons. The minimum atomic E-state index is -0.586. The van der Waals surface area contributed by atoms with Gasteiger partial charge in [0, 0.05) is 30.4 Å². The number of carbonyl (C=O) groups excluding carboxylic acids is 2. The van der Waals surface area contributed by atoms with E-state index in [0.717, 1.165) is 25.7 Å². The molecular formula is C20H32N4O4. The summed E-state index contributed by atoms with van der Waals surface area (Å²) < 4.78 is 5.33. The van der Waals surface area contributed by atoms with Crippen LogP contribution < -0.4 is 5.32 Å². The number of nitrogens with one attached hydrogen (secondary N) is 2. The van der Waals surface area contributed by atoms with Crippen molar-refractivity contribution in [2.75, 3.05) is 6.54 Å². The van der Waals surface area contributed by atoms with E-state index in [4.69, 9.17) is 4.74 Å². The summed E-state index contributed by atoms with van der Waals surface area (Å²) >= 11 is 0. The zero-order valence-electron chi connectivity index (χ0n) is 17.2. The number of H-pyrrole nitrogens is 1. The molecule has 28 heavy (non-hydrogen) atoms. The van der Waals surface area contributed by atoms with Gasteiger partial charge in [0.15, 0.2) is 5.82 Å². The standard InChI is InChI=1S/C20H32N4O4/c1-19(2,3)28-18(27)23-12-13-11-20(4)14(7-5-6-8-15(20)25)24(13)17(26)16-21-9-10-22-16/h9-10,13-15,25H,5-8,11-12H2,1-4H3,(H,21,22)(H,23,27)/t13-,14-,15-,20-/m1/s1. The quantitative estimate of drug-likeness (QED) is 0.732. The lowest BCUT2D eigenvalue weighted by molar-refractivity contribution is 0.0118. The summed E-state index contributed by atoms with van der Waals surface area (Å²) in [6.07, 6.45) is 6.32. The number of ether oxygens (including phenoxy) is 1. The van der Waals surface area contributed by atoms with Crippen LogP contribution in [0.4, 0.5) is 4.79 Å². The fourth-order valence-electron chi connectivity index (χ4n) is 4.64. The molecule has 0 spiro atoms. The van der Waals surface area contributed by atoms with Gasteiger partial charge in [-0.3, -0.25) is 4.79 Å². The fraction of sp³-hybridized carbons (Fsp3) is 0.750. The van der Waals surface area contributed by atoms with Crippen LogP contribution in [0, 0.1) is 5.41 Å². The Balaban J connectivity index is 1.82. The lowest BCUT2D eigenvalue weighted by Gasteiger charge is -2.37. The molecule has 0 radical (unpaired) electrons. The molecule has 2 aliphatic rings. The zero-order valence-corrected chi connectivity index (χ0v) is 17.2. The van der Waals surface area contributed by atoms with Crippen LogP contribution in [0.1, 0.15) is 70.4 Å². The van der Waals surface area contributed by atoms with Gasteiger partial charge in [-0.05, 0) is 40.0 Å². The van der Waals surface area contributed by atoms with Gasteiger partial charge in [-0.1, -0.05) is 19.8 Å². The largest absolute Gasteiger partial charge is 0.444 e. The monoisotopic (exact) mass is 392 g/mol. The van der Waals surface area contributed by atoms with E-state index in [1.165, 1.54) is 0 Å². The molecule has 1 aliphatic heterocycles. The van der Waals surface area contributed by atoms with Crippen LogP contribution in [0.25, 0.3) is 0 Å². The normalized spacial score (nSPS) is 30.5. The number of rotatable bonds is 3. The van der Waals surface area contributed by atoms with Crippen LogP contribution in [0.15, 0.2) is 12.4 Å². The number of aromatic amines is 1. The summed E-state index contributed by atoms with van der Waals surface area (Å²) in [6.45, 7) is 7.77. The van der Waals surface area contributed by atoms with E-state index in [2.05, 4.69) is 22.2 Å². The number of aliphatic hydroxyl groups is 1. The number of aromatic nitrogens is 2. The van der Waals surface area contributed by atoms with E-state index in [1.54, 1.807) is 12.4 Å². The van der Waals surface area contributed by atoms with E-state index in [1.807, 2.05) is 25.7 Å². The summed E-state index contributed by atoms with van der Waals surface area (Å²) in [5, 5.41) is 13.6. The second-order valence-electron chi connectivity index (χ2n) is 9.21. The van der Waals surface area contributed by atoms with Crippen molar-refractivity contribution in [2.24, 2.45) is 5.41 Å². The van der Waals surface area contributed by atoms with Gasteiger partial charge in [-0.25, -0.2) is 9.78 Å². The molecule has 1 saturated heterocycles. The van der Waals surface area contributed by atoms with E-state index >= 15 is 0 Å². The Kier molecular flexibility index (Phi) is 5.70. The van der Waals surface area contributed by atoms with Gasteiger partial charge < -0.3 is 25.0 Å². The Morgan fingerprint density at radius 1 is 1.39 bits per heavy atom. The Labute approximate surface area is 166 Å². The Morgan fingerprint density at radius 3 is 2.75 bits per heavy atom. The minimum Gasteiger partial charge on any atom is -0.444 e. The van der Waals surface area contributed by atoms with Crippen LogP contribution in [0.2, 0.25) is 0 Å². The molecule has 0 aromatic carbocycles. The Hall–Kier alpha value is -2.09. The maximum Gasteiger partial charge on any atom is 0.407 e. The van der Waals surface area contributed by atoms with Gasteiger partial charge in [0.2, 0.25) is 0 Å². The molecule has 8 nitrogen and oxygen atoms in total. The highest BCUT2D eigenvalue weighted by atomic mass is 16.6. The second-order valence-corrected chi connectivity index (χ2v) is 9.21. The van der Waals surface area contributed by atoms with Gasteiger partial charge in [0.05, 0.1) is 12.1 Å². The molecular weight excluding hydrogens is 360 g/mol. The van der Waals surface area contributed by atoms with Crippen molar-refractivity contribution >= 4 is 12.0 Å². The topological polar surface area (TPSA) is 108 Å². The van der Waals surface area contributed by atoms with Gasteiger partial charge in [-0.15, -0.1) is 0 Å². The Morgan fingerprint density at radius 2 is 2.11 bits per heavy atom. The highest BCUT2D eigenvalue weighted by Crippen LogP contribution is 2.48. The summed E-state index contributed by atoms with van der Waals surface area (Å²) in [5.74, 6) is 0.0917. The van der Waals surface area contributed by atoms with Gasteiger partial charge in [0.25, 0.3) is 5.91 Å². The number of imidazole rings is 1. The molecule has 0 bridgehead atoms. The van der Waals surface area contributed by atoms with Crippen molar-refractivity contribution in [3.05, 3.63) is 18.2 Å². The first-order valence-corrected chi connectivity index (χ1v) is 10.1. The van der Waals surface area contributed by atoms with E-state index in [-0.39, 0.29) is 30.4 Å². The van der Waals surface area contributed by atoms with Crippen molar-refractivity contribution in [1.29, 1.82) is 0 Å². The van der Waals surface area contributed by atoms with Crippen molar-refractivity contribution < 1.29 is 19.4 Å². The molecule has 0 unspecified atom stereocenters. The number of likely N-dealkylation sites (tertiary alicyclic amines) is 1. The van der Waals surface area contributed by atoms with Gasteiger partial charge >= 0.3 is 6.09 Å². The predicted molar refractivity (Wildman–Crippen MR) is 104 cm³/mol. The van der Waals surface area contributed by atoms with E-state index in [0.29, 0.717) is 6.42 Å². The Bertz CT molecular complexity index is 700. The number of alkyl carbamates (subject to hydrolysis) is 1. The molecule has 3 rings (SSSR count). The third-order valence-electron chi connectivity index (χ3n) is 5.95. The molecule has 2 heterocycles. The van der Waals surface area contributed by atoms with Crippen LogP contribution in [-0.4, -0.2) is 62.3 Å². The van der Waals surface area contributed by atoms with Gasteiger partial charge in [-0.2, -0.15) is 0 Å². The number of fused-ring (bicyclic) bond motifs is 1. The average molecular weight is 393 g/mol. The molecule has 2 amide bonds. The van der Waals surface area contributed by atoms with Crippen molar-refractivity contribution in [3.63, 3.8) is 0 Å². The number of carbonyl (C=O) groups is 2. The first kappa shape index (κ1) is 20.6. The molecule has 4 atom stereocenters. The van der Waals surface area contributed by atoms with Crippen LogP contribution in [0.3, 0.4) is 0 Å². The van der Waals surface area contributed by atoms with E-state index in [9.17, 15) is 14.7 Å². The lowest BCUT2D eigenvalue weighted by atomic mass is 9.75. The number of hydrogen-bond donors (Lipinski definition) is 3. The van der Waals surface area contributed by atoms with Crippen LogP contribution >= 0.6 is 0 Å². The first-order chi connectivity index (χ1) is 13.1. The molecule has 1 aliphatic carbocycles. The van der Waals surface area contributed by atoms with Crippen LogP contribution in [0.5, 0.6) is 0 Å². The molecule has 8 heteroatoms. The number of aliphatic hydroxyl groups excluding tert-OH is 1. The number of hydrogen-bond acceptors (Lipinski definition) is 5. The number of amides is 2. The summed E-state index contributed by atoms with van der Waals surface area (Å²) in [4.78, 5) is 34.2. The third kappa shape index (κ3) is 4.16. The van der Waals surface area contributed by atoms with Crippen molar-refractivity contribution in [3.8, 4) is 0 Å². The summed E-state index contributed by atoms with van der Waals surface area (Å²) in [5.41, 5.74) is -0.990. The van der Waals surface area contributed by atoms with E-state index < -0.39 is 23.2 Å². The van der Waals surface area contributed by atoms with Gasteiger partial charge in [0.1, 0.15) is 5.60 Å². The minimum absolute atomic E-state index is 0.0898. The maximum atomic E-state index is 13.2. The average Bonchev–Trinajstić information content (AvgIpc) is 3.19. The highest BCUT2D eigenvalue weighted by Gasteiger charge is 2.55. The van der Waals surface area contributed by atoms with Crippen molar-refractivity contribution in [1.82, 2.24) is 20.2 Å². The zero-order chi connectivity index (χ0) is 20.5. The molecule has 1 aromatic heterocycles. The third-order valence-corrected chi connectivity index (χ3v) is 5.95. The smallest absolute Gasteiger partial charge is 0.407 e. The SMILES string of the molecule is CC(C)(C)OC(=O)NC[C@H]1C[C@@]2(C)[C@H](O)CCCC[C@H]2N1C(=O)c1ncc[nH]1. The summed E-state index contributed by atoms with van der Waals surface area (Å²) in [7, 11) is 0. The summed E-state index contributed by atoms with van der Waals surface area (Å²) in [6, 6.07) is -0.319. The highest BCUT2D eigenvalue weighted by molar-refractivity contribution is 5.91. The maximum absolute atomic E-state index is 13.2. The fourth-order valence-corrected chi connectivity index (χ4v) is 4.64. The predicted octanol–water partition coefficient (Wildman–Crippen LogP) is 2.46. The molecule has 1 saturated carbocycles. The van der Waals surface area contributed by atoms with Crippen molar-refractivity contribution in [2.45, 2.75) is 83.6 Å². The number of nitrogens with zero attached hydrogens (tertiary/aromatic N) is 2. The first-order valence-electron chi connectivity index (χ1n) is 10.1. The molecule has 1 aromatic rings. The van der Waals surface area contributed by atoms with Crippen LogP contribution in [-0.2, 0) is 4.74 Å². The molecule has 2 fully saturated rings. The molecule has 3 N–H and O–H groups in total.